The standard InChI is InChI=1S/C25H24N4O2/c1-4-31-22-14-12-20(13-15-22)26-25(30)23-27-24(19-10-8-17(2)9-11-19)29(28-23)21-7-5-6-18(3)16-21/h5-16H,4H2,1-3H3,(H,26,30). The van der Waals surface area contributed by atoms with Crippen molar-refractivity contribution in [1.82, 2.24) is 14.8 Å². The lowest BCUT2D eigenvalue weighted by Gasteiger charge is -2.07. The summed E-state index contributed by atoms with van der Waals surface area (Å²) in [4.78, 5) is 17.5. The van der Waals surface area contributed by atoms with Gasteiger partial charge in [-0.25, -0.2) is 9.67 Å². The minimum Gasteiger partial charge on any atom is -0.494 e. The summed E-state index contributed by atoms with van der Waals surface area (Å²) in [5.41, 5.74) is 4.64. The van der Waals surface area contributed by atoms with Crippen LogP contribution in [0.25, 0.3) is 17.1 Å². The van der Waals surface area contributed by atoms with Crippen LogP contribution in [0.4, 0.5) is 5.69 Å². The van der Waals surface area contributed by atoms with Crippen LogP contribution in [0.5, 0.6) is 5.75 Å². The molecule has 1 N–H and O–H groups in total. The van der Waals surface area contributed by atoms with Crippen LogP contribution in [0.1, 0.15) is 28.7 Å². The predicted molar refractivity (Wildman–Crippen MR) is 122 cm³/mol. The van der Waals surface area contributed by atoms with Crippen LogP contribution in [-0.4, -0.2) is 27.3 Å². The lowest BCUT2D eigenvalue weighted by molar-refractivity contribution is 0.101. The van der Waals surface area contributed by atoms with Gasteiger partial charge in [-0.05, 0) is 62.7 Å². The van der Waals surface area contributed by atoms with Gasteiger partial charge in [0.15, 0.2) is 5.82 Å². The molecule has 0 unspecified atom stereocenters. The van der Waals surface area contributed by atoms with Crippen molar-refractivity contribution in [3.05, 3.63) is 89.7 Å². The fourth-order valence-electron chi connectivity index (χ4n) is 3.23. The highest BCUT2D eigenvalue weighted by atomic mass is 16.5. The molecule has 0 radical (unpaired) electrons. The van der Waals surface area contributed by atoms with Crippen LogP contribution < -0.4 is 10.1 Å². The number of aromatic nitrogens is 3. The summed E-state index contributed by atoms with van der Waals surface area (Å²) in [5, 5.41) is 7.39. The topological polar surface area (TPSA) is 69.0 Å². The van der Waals surface area contributed by atoms with E-state index in [9.17, 15) is 4.79 Å². The largest absolute Gasteiger partial charge is 0.494 e. The van der Waals surface area contributed by atoms with Gasteiger partial charge in [-0.3, -0.25) is 4.79 Å². The van der Waals surface area contributed by atoms with Gasteiger partial charge in [0.2, 0.25) is 5.82 Å². The monoisotopic (exact) mass is 412 g/mol. The van der Waals surface area contributed by atoms with Gasteiger partial charge in [0.05, 0.1) is 12.3 Å². The van der Waals surface area contributed by atoms with E-state index >= 15 is 0 Å². The van der Waals surface area contributed by atoms with Crippen molar-refractivity contribution in [1.29, 1.82) is 0 Å². The van der Waals surface area contributed by atoms with Gasteiger partial charge in [0.1, 0.15) is 5.75 Å². The molecular formula is C25H24N4O2. The van der Waals surface area contributed by atoms with Gasteiger partial charge in [-0.1, -0.05) is 42.0 Å². The molecule has 0 aliphatic heterocycles. The van der Waals surface area contributed by atoms with Crippen molar-refractivity contribution in [2.75, 3.05) is 11.9 Å². The average Bonchev–Trinajstić information content (AvgIpc) is 3.22. The molecule has 1 aromatic heterocycles. The van der Waals surface area contributed by atoms with Gasteiger partial charge < -0.3 is 10.1 Å². The van der Waals surface area contributed by atoms with E-state index in [2.05, 4.69) is 15.4 Å². The summed E-state index contributed by atoms with van der Waals surface area (Å²) in [6.07, 6.45) is 0. The third-order valence-corrected chi connectivity index (χ3v) is 4.79. The molecule has 156 valence electrons. The number of aryl methyl sites for hydroxylation is 2. The third-order valence-electron chi connectivity index (χ3n) is 4.79. The van der Waals surface area contributed by atoms with E-state index < -0.39 is 0 Å². The molecule has 1 amide bonds. The van der Waals surface area contributed by atoms with Gasteiger partial charge in [0.25, 0.3) is 5.91 Å². The Labute approximate surface area is 181 Å². The molecule has 0 saturated carbocycles. The number of rotatable bonds is 6. The average molecular weight is 412 g/mol. The summed E-state index contributed by atoms with van der Waals surface area (Å²) >= 11 is 0. The van der Waals surface area contributed by atoms with Crippen LogP contribution in [0, 0.1) is 13.8 Å². The highest BCUT2D eigenvalue weighted by Gasteiger charge is 2.19. The number of carbonyl (C=O) groups is 1. The van der Waals surface area contributed by atoms with E-state index in [4.69, 9.17) is 4.74 Å². The van der Waals surface area contributed by atoms with Crippen LogP contribution in [-0.2, 0) is 0 Å². The molecule has 6 heteroatoms. The second-order valence-corrected chi connectivity index (χ2v) is 7.29. The Kier molecular flexibility index (Phi) is 5.80. The first kappa shape index (κ1) is 20.3. The van der Waals surface area contributed by atoms with Crippen molar-refractivity contribution in [3.63, 3.8) is 0 Å². The lowest BCUT2D eigenvalue weighted by atomic mass is 10.1. The molecule has 0 fully saturated rings. The van der Waals surface area contributed by atoms with Crippen LogP contribution in [0.3, 0.4) is 0 Å². The predicted octanol–water partition coefficient (Wildman–Crippen LogP) is 5.20. The zero-order valence-electron chi connectivity index (χ0n) is 17.8. The van der Waals surface area contributed by atoms with Crippen LogP contribution >= 0.6 is 0 Å². The number of carbonyl (C=O) groups excluding carboxylic acids is 1. The van der Waals surface area contributed by atoms with Gasteiger partial charge in [0, 0.05) is 11.3 Å². The minimum absolute atomic E-state index is 0.103. The number of ether oxygens (including phenoxy) is 1. The number of anilines is 1. The summed E-state index contributed by atoms with van der Waals surface area (Å²) < 4.78 is 7.16. The zero-order valence-corrected chi connectivity index (χ0v) is 17.8. The van der Waals surface area contributed by atoms with E-state index in [0.29, 0.717) is 18.1 Å². The Morgan fingerprint density at radius 2 is 1.71 bits per heavy atom. The first-order valence-electron chi connectivity index (χ1n) is 10.2. The Morgan fingerprint density at radius 1 is 0.968 bits per heavy atom. The molecular weight excluding hydrogens is 388 g/mol. The quantitative estimate of drug-likeness (QED) is 0.472. The van der Waals surface area contributed by atoms with Crippen molar-refractivity contribution >= 4 is 11.6 Å². The van der Waals surface area contributed by atoms with E-state index in [-0.39, 0.29) is 11.7 Å². The highest BCUT2D eigenvalue weighted by molar-refractivity contribution is 6.01. The first-order chi connectivity index (χ1) is 15.0. The van der Waals surface area contributed by atoms with Crippen molar-refractivity contribution < 1.29 is 9.53 Å². The SMILES string of the molecule is CCOc1ccc(NC(=O)c2nc(-c3ccc(C)cc3)n(-c3cccc(C)c3)n2)cc1. The molecule has 4 rings (SSSR count). The van der Waals surface area contributed by atoms with E-state index in [0.717, 1.165) is 28.1 Å². The van der Waals surface area contributed by atoms with Gasteiger partial charge in [-0.2, -0.15) is 0 Å². The molecule has 6 nitrogen and oxygen atoms in total. The van der Waals surface area contributed by atoms with E-state index in [1.807, 2.05) is 81.4 Å². The second-order valence-electron chi connectivity index (χ2n) is 7.29. The molecule has 0 aliphatic rings. The Morgan fingerprint density at radius 3 is 2.39 bits per heavy atom. The summed E-state index contributed by atoms with van der Waals surface area (Å²) in [6.45, 7) is 6.57. The molecule has 0 saturated heterocycles. The summed E-state index contributed by atoms with van der Waals surface area (Å²) in [7, 11) is 0. The molecule has 3 aromatic carbocycles. The van der Waals surface area contributed by atoms with Crippen molar-refractivity contribution in [2.45, 2.75) is 20.8 Å². The van der Waals surface area contributed by atoms with E-state index in [1.165, 1.54) is 0 Å². The fourth-order valence-corrected chi connectivity index (χ4v) is 3.23. The smallest absolute Gasteiger partial charge is 0.295 e. The van der Waals surface area contributed by atoms with Crippen LogP contribution in [0.15, 0.2) is 72.8 Å². The van der Waals surface area contributed by atoms with Gasteiger partial charge in [-0.15, -0.1) is 5.10 Å². The molecule has 0 atom stereocenters. The first-order valence-corrected chi connectivity index (χ1v) is 10.2. The van der Waals surface area contributed by atoms with Crippen molar-refractivity contribution in [2.24, 2.45) is 0 Å². The zero-order chi connectivity index (χ0) is 21.8. The Bertz CT molecular complexity index is 1200. The van der Waals surface area contributed by atoms with Crippen LogP contribution in [0.2, 0.25) is 0 Å². The maximum atomic E-state index is 12.9. The number of benzene rings is 3. The van der Waals surface area contributed by atoms with Crippen molar-refractivity contribution in [3.8, 4) is 22.8 Å². The Balaban J connectivity index is 1.68. The molecule has 1 heterocycles. The molecule has 31 heavy (non-hydrogen) atoms. The minimum atomic E-state index is -0.371. The summed E-state index contributed by atoms with van der Waals surface area (Å²) in [5.74, 6) is 1.10. The highest BCUT2D eigenvalue weighted by Crippen LogP contribution is 2.23. The maximum Gasteiger partial charge on any atom is 0.295 e. The Hall–Kier alpha value is -3.93. The third kappa shape index (κ3) is 4.64. The van der Waals surface area contributed by atoms with Gasteiger partial charge >= 0.3 is 0 Å². The normalized spacial score (nSPS) is 10.7. The summed E-state index contributed by atoms with van der Waals surface area (Å²) in [6, 6.07) is 23.2. The fraction of sp³-hybridized carbons (Fsp3) is 0.160. The number of amides is 1. The van der Waals surface area contributed by atoms with E-state index in [1.54, 1.807) is 16.8 Å². The lowest BCUT2D eigenvalue weighted by Crippen LogP contribution is -2.14. The molecule has 0 spiro atoms. The number of nitrogens with one attached hydrogen (secondary N) is 1. The molecule has 0 aliphatic carbocycles. The number of nitrogens with zero attached hydrogens (tertiary/aromatic N) is 3. The number of hydrogen-bond donors (Lipinski definition) is 1. The molecule has 0 bridgehead atoms. The maximum absolute atomic E-state index is 12.9. The molecule has 4 aromatic rings. The second kappa shape index (κ2) is 8.83. The number of hydrogen-bond acceptors (Lipinski definition) is 4.